The lowest BCUT2D eigenvalue weighted by atomic mass is 9.66. The van der Waals surface area contributed by atoms with Crippen molar-refractivity contribution in [3.8, 4) is 0 Å². The van der Waals surface area contributed by atoms with E-state index >= 15 is 0 Å². The molecule has 0 aromatic carbocycles. The molecule has 2 saturated carbocycles. The molecule has 0 aromatic heterocycles. The highest BCUT2D eigenvalue weighted by Crippen LogP contribution is 2.48. The Labute approximate surface area is 136 Å². The van der Waals surface area contributed by atoms with Crippen LogP contribution in [0.5, 0.6) is 0 Å². The fraction of sp³-hybridized carbons (Fsp3) is 0.824. The lowest BCUT2D eigenvalue weighted by molar-refractivity contribution is -0.325. The van der Waals surface area contributed by atoms with Gasteiger partial charge in [-0.3, -0.25) is 0 Å². The lowest BCUT2D eigenvalue weighted by Gasteiger charge is -2.51. The van der Waals surface area contributed by atoms with E-state index in [2.05, 4.69) is 6.58 Å². The molecule has 0 radical (unpaired) electrons. The molecule has 3 N–H and O–H groups in total. The molecule has 6 nitrogen and oxygen atoms in total. The summed E-state index contributed by atoms with van der Waals surface area (Å²) in [6.45, 7) is 4.66. The van der Waals surface area contributed by atoms with Gasteiger partial charge in [0, 0.05) is 29.7 Å². The van der Waals surface area contributed by atoms with E-state index in [4.69, 9.17) is 14.6 Å². The molecule has 2 aliphatic carbocycles. The van der Waals surface area contributed by atoms with Crippen molar-refractivity contribution in [1.29, 1.82) is 0 Å². The zero-order valence-corrected chi connectivity index (χ0v) is 13.4. The van der Waals surface area contributed by atoms with Gasteiger partial charge in [-0.1, -0.05) is 6.58 Å². The highest BCUT2D eigenvalue weighted by molar-refractivity contribution is 5.86. The van der Waals surface area contributed by atoms with E-state index in [0.29, 0.717) is 51.7 Å². The number of aliphatic carboxylic acids is 1. The van der Waals surface area contributed by atoms with Gasteiger partial charge in [0.25, 0.3) is 0 Å². The molecule has 130 valence electrons. The zero-order valence-electron chi connectivity index (χ0n) is 13.4. The Kier molecular flexibility index (Phi) is 4.53. The second kappa shape index (κ2) is 6.16. The van der Waals surface area contributed by atoms with E-state index in [9.17, 15) is 15.0 Å². The van der Waals surface area contributed by atoms with Crippen LogP contribution < -0.4 is 0 Å². The van der Waals surface area contributed by atoms with Crippen LogP contribution in [0.2, 0.25) is 0 Å². The molecular formula is C17H26O6. The maximum atomic E-state index is 11.2. The van der Waals surface area contributed by atoms with Crippen molar-refractivity contribution < 1.29 is 29.6 Å². The van der Waals surface area contributed by atoms with E-state index < -0.39 is 23.8 Å². The minimum Gasteiger partial charge on any atom is -0.478 e. The Morgan fingerprint density at radius 2 is 1.65 bits per heavy atom. The van der Waals surface area contributed by atoms with Crippen molar-refractivity contribution in [2.75, 3.05) is 13.2 Å². The fourth-order valence-corrected chi connectivity index (χ4v) is 4.12. The number of aliphatic hydroxyl groups is 2. The summed E-state index contributed by atoms with van der Waals surface area (Å²) in [5.74, 6) is -2.09. The van der Waals surface area contributed by atoms with Crippen LogP contribution in [0.4, 0.5) is 0 Å². The van der Waals surface area contributed by atoms with Crippen LogP contribution >= 0.6 is 0 Å². The molecule has 3 rings (SSSR count). The quantitative estimate of drug-likeness (QED) is 0.665. The van der Waals surface area contributed by atoms with Gasteiger partial charge in [-0.25, -0.2) is 4.79 Å². The summed E-state index contributed by atoms with van der Waals surface area (Å²) in [6, 6.07) is 0. The van der Waals surface area contributed by atoms with Crippen LogP contribution in [0, 0.1) is 11.3 Å². The first-order valence-corrected chi connectivity index (χ1v) is 8.41. The minimum absolute atomic E-state index is 0.0673. The maximum Gasteiger partial charge on any atom is 0.331 e. The number of hydrogen-bond donors (Lipinski definition) is 3. The standard InChI is InChI=1S/C17H26O6/c1-11(15(20)21)13-8-16(5-4-14(13)19)9-22-17(23-10-16)6-2-12(18)3-7-17/h12-14,18-19H,1-10H2,(H,20,21). The molecule has 1 saturated heterocycles. The summed E-state index contributed by atoms with van der Waals surface area (Å²) < 4.78 is 12.2. The van der Waals surface area contributed by atoms with Gasteiger partial charge >= 0.3 is 5.97 Å². The van der Waals surface area contributed by atoms with Crippen LogP contribution in [0.3, 0.4) is 0 Å². The second-order valence-electron chi connectivity index (χ2n) is 7.47. The SMILES string of the molecule is C=C(C(=O)O)C1CC2(CCC1O)COC1(CCC(O)CC1)OC2. The average molecular weight is 326 g/mol. The van der Waals surface area contributed by atoms with Crippen LogP contribution in [0.15, 0.2) is 12.2 Å². The molecule has 3 fully saturated rings. The molecule has 0 amide bonds. The van der Waals surface area contributed by atoms with Gasteiger partial charge in [0.1, 0.15) is 0 Å². The number of hydrogen-bond acceptors (Lipinski definition) is 5. The normalized spacial score (nSPS) is 44.3. The first-order valence-electron chi connectivity index (χ1n) is 8.41. The third kappa shape index (κ3) is 3.31. The third-order valence-corrected chi connectivity index (χ3v) is 5.81. The van der Waals surface area contributed by atoms with Crippen molar-refractivity contribution >= 4 is 5.97 Å². The van der Waals surface area contributed by atoms with Crippen molar-refractivity contribution in [3.05, 3.63) is 12.2 Å². The van der Waals surface area contributed by atoms with E-state index in [1.165, 1.54) is 0 Å². The molecule has 0 bridgehead atoms. The molecule has 2 atom stereocenters. The molecule has 1 aliphatic heterocycles. The van der Waals surface area contributed by atoms with Gasteiger partial charge < -0.3 is 24.8 Å². The largest absolute Gasteiger partial charge is 0.478 e. The summed E-state index contributed by atoms with van der Waals surface area (Å²) >= 11 is 0. The van der Waals surface area contributed by atoms with Gasteiger partial charge in [-0.05, 0) is 32.1 Å². The number of aliphatic hydroxyl groups excluding tert-OH is 2. The van der Waals surface area contributed by atoms with Gasteiger partial charge in [0.15, 0.2) is 5.79 Å². The Balaban J connectivity index is 1.65. The molecule has 0 aromatic rings. The Bertz CT molecular complexity index is 469. The Morgan fingerprint density at radius 3 is 2.22 bits per heavy atom. The highest BCUT2D eigenvalue weighted by Gasteiger charge is 2.50. The second-order valence-corrected chi connectivity index (χ2v) is 7.47. The van der Waals surface area contributed by atoms with Crippen molar-refractivity contribution in [2.45, 2.75) is 62.9 Å². The van der Waals surface area contributed by atoms with Crippen LogP contribution in [-0.4, -0.2) is 52.5 Å². The number of carbonyl (C=O) groups is 1. The first-order chi connectivity index (χ1) is 10.8. The number of carboxylic acids is 1. The van der Waals surface area contributed by atoms with Crippen molar-refractivity contribution in [2.24, 2.45) is 11.3 Å². The van der Waals surface area contributed by atoms with E-state index in [1.54, 1.807) is 0 Å². The van der Waals surface area contributed by atoms with Gasteiger partial charge in [-0.15, -0.1) is 0 Å². The topological polar surface area (TPSA) is 96.2 Å². The van der Waals surface area contributed by atoms with E-state index in [-0.39, 0.29) is 17.1 Å². The molecule has 3 aliphatic rings. The minimum atomic E-state index is -1.05. The molecule has 2 unspecified atom stereocenters. The average Bonchev–Trinajstić information content (AvgIpc) is 2.55. The summed E-state index contributed by atoms with van der Waals surface area (Å²) in [5, 5.41) is 28.9. The summed E-state index contributed by atoms with van der Waals surface area (Å²) in [5.41, 5.74) is -0.179. The van der Waals surface area contributed by atoms with Crippen LogP contribution in [0.25, 0.3) is 0 Å². The molecule has 23 heavy (non-hydrogen) atoms. The smallest absolute Gasteiger partial charge is 0.331 e. The molecular weight excluding hydrogens is 300 g/mol. The van der Waals surface area contributed by atoms with E-state index in [0.717, 1.165) is 6.42 Å². The summed E-state index contributed by atoms with van der Waals surface area (Å²) in [6.07, 6.45) is 3.65. The number of ether oxygens (including phenoxy) is 2. The van der Waals surface area contributed by atoms with Crippen molar-refractivity contribution in [1.82, 2.24) is 0 Å². The van der Waals surface area contributed by atoms with Crippen LogP contribution in [-0.2, 0) is 14.3 Å². The summed E-state index contributed by atoms with van der Waals surface area (Å²) in [4.78, 5) is 11.2. The monoisotopic (exact) mass is 326 g/mol. The van der Waals surface area contributed by atoms with Gasteiger partial charge in [0.05, 0.1) is 25.4 Å². The van der Waals surface area contributed by atoms with Crippen molar-refractivity contribution in [3.63, 3.8) is 0 Å². The predicted molar refractivity (Wildman–Crippen MR) is 81.7 cm³/mol. The highest BCUT2D eigenvalue weighted by atomic mass is 16.7. The lowest BCUT2D eigenvalue weighted by Crippen LogP contribution is -2.54. The van der Waals surface area contributed by atoms with Gasteiger partial charge in [0.2, 0.25) is 0 Å². The number of rotatable bonds is 2. The van der Waals surface area contributed by atoms with E-state index in [1.807, 2.05) is 0 Å². The summed E-state index contributed by atoms with van der Waals surface area (Å²) in [7, 11) is 0. The van der Waals surface area contributed by atoms with Crippen LogP contribution in [0.1, 0.15) is 44.9 Å². The number of carboxylic acid groups (broad SMARTS) is 1. The van der Waals surface area contributed by atoms with Gasteiger partial charge in [-0.2, -0.15) is 0 Å². The maximum absolute atomic E-state index is 11.2. The zero-order chi connectivity index (χ0) is 16.7. The Hall–Kier alpha value is -0.950. The Morgan fingerprint density at radius 1 is 1.04 bits per heavy atom. The third-order valence-electron chi connectivity index (χ3n) is 5.81. The predicted octanol–water partition coefficient (Wildman–Crippen LogP) is 1.45. The first kappa shape index (κ1) is 16.9. The fourth-order valence-electron chi connectivity index (χ4n) is 4.12. The molecule has 1 heterocycles. The molecule has 6 heteroatoms. The molecule has 2 spiro atoms.